The number of sulfonamides is 1. The molecular weight excluding hydrogens is 342 g/mol. The largest absolute Gasteiger partial charge is 0.355 e. The average Bonchev–Trinajstić information content (AvgIpc) is 2.65. The van der Waals surface area contributed by atoms with E-state index in [1.54, 1.807) is 6.07 Å². The van der Waals surface area contributed by atoms with Crippen LogP contribution in [0.3, 0.4) is 0 Å². The predicted molar refractivity (Wildman–Crippen MR) is 94.7 cm³/mol. The molecule has 1 fully saturated rings. The number of carbonyl (C=O) groups excluding carboxylic acids is 2. The van der Waals surface area contributed by atoms with Gasteiger partial charge in [0.15, 0.2) is 0 Å². The lowest BCUT2D eigenvalue weighted by atomic mass is 10.2. The Morgan fingerprint density at radius 2 is 1.84 bits per heavy atom. The Bertz CT molecular complexity index is 712. The number of piperidine rings is 1. The number of nitrogens with one attached hydrogen (secondary N) is 2. The lowest BCUT2D eigenvalue weighted by Gasteiger charge is -2.26. The molecule has 0 atom stereocenters. The molecule has 0 spiro atoms. The van der Waals surface area contributed by atoms with Gasteiger partial charge in [-0.15, -0.1) is 0 Å². The zero-order valence-corrected chi connectivity index (χ0v) is 15.3. The van der Waals surface area contributed by atoms with Crippen molar-refractivity contribution in [3.63, 3.8) is 0 Å². The van der Waals surface area contributed by atoms with Crippen LogP contribution in [0.25, 0.3) is 0 Å². The van der Waals surface area contributed by atoms with Gasteiger partial charge in [0.05, 0.1) is 11.4 Å². The van der Waals surface area contributed by atoms with Crippen LogP contribution in [0.4, 0.5) is 0 Å². The van der Waals surface area contributed by atoms with Gasteiger partial charge in [0.2, 0.25) is 15.9 Å². The molecule has 2 rings (SSSR count). The highest BCUT2D eigenvalue weighted by Gasteiger charge is 2.26. The highest BCUT2D eigenvalue weighted by Crippen LogP contribution is 2.21. The van der Waals surface area contributed by atoms with E-state index in [1.165, 1.54) is 22.5 Å². The zero-order valence-electron chi connectivity index (χ0n) is 14.5. The van der Waals surface area contributed by atoms with Crippen molar-refractivity contribution in [3.05, 3.63) is 29.8 Å². The number of carbonyl (C=O) groups is 2. The van der Waals surface area contributed by atoms with E-state index in [4.69, 9.17) is 0 Å². The second-order valence-electron chi connectivity index (χ2n) is 6.03. The summed E-state index contributed by atoms with van der Waals surface area (Å²) < 4.78 is 26.8. The minimum Gasteiger partial charge on any atom is -0.355 e. The summed E-state index contributed by atoms with van der Waals surface area (Å²) >= 11 is 0. The van der Waals surface area contributed by atoms with Crippen LogP contribution in [0, 0.1) is 0 Å². The fraction of sp³-hybridized carbons (Fsp3) is 0.529. The fourth-order valence-corrected chi connectivity index (χ4v) is 4.21. The summed E-state index contributed by atoms with van der Waals surface area (Å²) in [6.45, 7) is 3.38. The fourth-order valence-electron chi connectivity index (χ4n) is 2.64. The lowest BCUT2D eigenvalue weighted by molar-refractivity contribution is -0.120. The van der Waals surface area contributed by atoms with Gasteiger partial charge in [0.1, 0.15) is 0 Å². The molecule has 1 aliphatic heterocycles. The van der Waals surface area contributed by atoms with E-state index in [-0.39, 0.29) is 22.9 Å². The van der Waals surface area contributed by atoms with Crippen LogP contribution in [-0.4, -0.2) is 50.7 Å². The monoisotopic (exact) mass is 367 g/mol. The Balaban J connectivity index is 2.05. The van der Waals surface area contributed by atoms with Crippen molar-refractivity contribution >= 4 is 21.8 Å². The molecule has 0 radical (unpaired) electrons. The minimum absolute atomic E-state index is 0.109. The van der Waals surface area contributed by atoms with E-state index < -0.39 is 15.9 Å². The summed E-state index contributed by atoms with van der Waals surface area (Å²) in [7, 11) is -3.59. The summed E-state index contributed by atoms with van der Waals surface area (Å²) in [5, 5.41) is 5.17. The van der Waals surface area contributed by atoms with Gasteiger partial charge in [-0.25, -0.2) is 8.42 Å². The molecule has 1 aromatic rings. The number of benzene rings is 1. The number of hydrogen-bond acceptors (Lipinski definition) is 4. The van der Waals surface area contributed by atoms with Crippen molar-refractivity contribution < 1.29 is 18.0 Å². The van der Waals surface area contributed by atoms with Crippen LogP contribution in [0.5, 0.6) is 0 Å². The third kappa shape index (κ3) is 5.27. The molecule has 7 nitrogen and oxygen atoms in total. The summed E-state index contributed by atoms with van der Waals surface area (Å²) in [6, 6.07) is 5.94. The third-order valence-electron chi connectivity index (χ3n) is 4.03. The first-order valence-corrected chi connectivity index (χ1v) is 10.0. The lowest BCUT2D eigenvalue weighted by Crippen LogP contribution is -2.37. The molecule has 25 heavy (non-hydrogen) atoms. The van der Waals surface area contributed by atoms with Gasteiger partial charge in [0, 0.05) is 25.2 Å². The van der Waals surface area contributed by atoms with E-state index >= 15 is 0 Å². The quantitative estimate of drug-likeness (QED) is 0.755. The van der Waals surface area contributed by atoms with Crippen LogP contribution >= 0.6 is 0 Å². The van der Waals surface area contributed by atoms with Gasteiger partial charge in [-0.3, -0.25) is 9.59 Å². The number of hydrogen-bond donors (Lipinski definition) is 2. The highest BCUT2D eigenvalue weighted by molar-refractivity contribution is 7.89. The minimum atomic E-state index is -3.59. The molecular formula is C17H25N3O4S. The highest BCUT2D eigenvalue weighted by atomic mass is 32.2. The molecule has 1 heterocycles. The molecule has 138 valence electrons. The Labute approximate surface area is 148 Å². The van der Waals surface area contributed by atoms with E-state index in [0.717, 1.165) is 25.7 Å². The first-order valence-electron chi connectivity index (χ1n) is 8.60. The van der Waals surface area contributed by atoms with Crippen molar-refractivity contribution in [2.75, 3.05) is 26.2 Å². The number of rotatable bonds is 7. The first-order chi connectivity index (χ1) is 11.9. The van der Waals surface area contributed by atoms with Crippen LogP contribution < -0.4 is 10.6 Å². The van der Waals surface area contributed by atoms with E-state index in [1.807, 2.05) is 6.92 Å². The molecule has 8 heteroatoms. The van der Waals surface area contributed by atoms with Gasteiger partial charge in [-0.1, -0.05) is 19.4 Å². The zero-order chi connectivity index (χ0) is 18.3. The summed E-state index contributed by atoms with van der Waals surface area (Å²) in [6.07, 6.45) is 3.56. The standard InChI is InChI=1S/C17H25N3O4S/c1-2-9-18-16(21)13-19-17(22)14-7-6-8-15(12-14)25(23,24)20-10-4-3-5-11-20/h6-8,12H,2-5,9-11,13H2,1H3,(H,18,21)(H,19,22). The average molecular weight is 367 g/mol. The van der Waals surface area contributed by atoms with Crippen molar-refractivity contribution in [2.24, 2.45) is 0 Å². The first kappa shape index (κ1) is 19.4. The number of nitrogens with zero attached hydrogens (tertiary/aromatic N) is 1. The molecule has 0 aromatic heterocycles. The topological polar surface area (TPSA) is 95.6 Å². The maximum absolute atomic E-state index is 12.7. The van der Waals surface area contributed by atoms with Gasteiger partial charge < -0.3 is 10.6 Å². The van der Waals surface area contributed by atoms with Crippen LogP contribution in [0.15, 0.2) is 29.2 Å². The molecule has 0 unspecified atom stereocenters. The predicted octanol–water partition coefficient (Wildman–Crippen LogP) is 1.12. The maximum atomic E-state index is 12.7. The van der Waals surface area contributed by atoms with Gasteiger partial charge in [-0.2, -0.15) is 4.31 Å². The molecule has 0 aliphatic carbocycles. The van der Waals surface area contributed by atoms with E-state index in [2.05, 4.69) is 10.6 Å². The summed E-state index contributed by atoms with van der Waals surface area (Å²) in [5.41, 5.74) is 0.223. The van der Waals surface area contributed by atoms with Crippen molar-refractivity contribution in [1.82, 2.24) is 14.9 Å². The van der Waals surface area contributed by atoms with Gasteiger partial charge in [0.25, 0.3) is 5.91 Å². The maximum Gasteiger partial charge on any atom is 0.251 e. The normalized spacial score (nSPS) is 15.6. The molecule has 1 aliphatic rings. The molecule has 2 amide bonds. The van der Waals surface area contributed by atoms with Crippen LogP contribution in [0.1, 0.15) is 43.0 Å². The number of amides is 2. The molecule has 1 saturated heterocycles. The second-order valence-corrected chi connectivity index (χ2v) is 7.96. The van der Waals surface area contributed by atoms with Crippen molar-refractivity contribution in [3.8, 4) is 0 Å². The third-order valence-corrected chi connectivity index (χ3v) is 5.93. The van der Waals surface area contributed by atoms with E-state index in [0.29, 0.717) is 19.6 Å². The van der Waals surface area contributed by atoms with Gasteiger partial charge >= 0.3 is 0 Å². The van der Waals surface area contributed by atoms with E-state index in [9.17, 15) is 18.0 Å². The van der Waals surface area contributed by atoms with Gasteiger partial charge in [-0.05, 0) is 37.5 Å². The Morgan fingerprint density at radius 1 is 1.12 bits per heavy atom. The SMILES string of the molecule is CCCNC(=O)CNC(=O)c1cccc(S(=O)(=O)N2CCCCC2)c1. The van der Waals surface area contributed by atoms with Crippen molar-refractivity contribution in [1.29, 1.82) is 0 Å². The molecule has 2 N–H and O–H groups in total. The van der Waals surface area contributed by atoms with Crippen LogP contribution in [-0.2, 0) is 14.8 Å². The Morgan fingerprint density at radius 3 is 2.52 bits per heavy atom. The molecule has 0 saturated carbocycles. The Hall–Kier alpha value is -1.93. The summed E-state index contributed by atoms with van der Waals surface area (Å²) in [5.74, 6) is -0.741. The summed E-state index contributed by atoms with van der Waals surface area (Å²) in [4.78, 5) is 23.8. The smallest absolute Gasteiger partial charge is 0.251 e. The van der Waals surface area contributed by atoms with Crippen molar-refractivity contribution in [2.45, 2.75) is 37.5 Å². The molecule has 0 bridgehead atoms. The van der Waals surface area contributed by atoms with Crippen LogP contribution in [0.2, 0.25) is 0 Å². The second kappa shape index (κ2) is 8.96. The molecule has 1 aromatic carbocycles. The Kier molecular flexibility index (Phi) is 6.95.